The van der Waals surface area contributed by atoms with Gasteiger partial charge in [0.1, 0.15) is 5.76 Å². The molecule has 2 aromatic rings. The Morgan fingerprint density at radius 1 is 1.12 bits per heavy atom. The van der Waals surface area contributed by atoms with Gasteiger partial charge in [0, 0.05) is 24.8 Å². The summed E-state index contributed by atoms with van der Waals surface area (Å²) in [4.78, 5) is 28.9. The SMILES string of the molecule is Cc1ccc(C(=O)CCC(=O)NOCCCc2ccco2)cc1C. The zero-order chi connectivity index (χ0) is 17.4. The minimum atomic E-state index is -0.287. The molecule has 24 heavy (non-hydrogen) atoms. The van der Waals surface area contributed by atoms with Gasteiger partial charge in [-0.25, -0.2) is 5.48 Å². The van der Waals surface area contributed by atoms with Crippen molar-refractivity contribution in [1.82, 2.24) is 5.48 Å². The Bertz CT molecular complexity index is 677. The maximum absolute atomic E-state index is 12.1. The molecule has 0 bridgehead atoms. The Balaban J connectivity index is 1.61. The van der Waals surface area contributed by atoms with Crippen LogP contribution in [0.3, 0.4) is 0 Å². The lowest BCUT2D eigenvalue weighted by atomic mass is 10.0. The van der Waals surface area contributed by atoms with Crippen molar-refractivity contribution in [3.05, 3.63) is 59.0 Å². The van der Waals surface area contributed by atoms with Crippen LogP contribution >= 0.6 is 0 Å². The van der Waals surface area contributed by atoms with Crippen molar-refractivity contribution < 1.29 is 18.8 Å². The Labute approximate surface area is 142 Å². The molecular weight excluding hydrogens is 306 g/mol. The van der Waals surface area contributed by atoms with Crippen LogP contribution in [-0.2, 0) is 16.1 Å². The van der Waals surface area contributed by atoms with Gasteiger partial charge in [-0.15, -0.1) is 0 Å². The van der Waals surface area contributed by atoms with Gasteiger partial charge in [-0.05, 0) is 49.6 Å². The van der Waals surface area contributed by atoms with Crippen molar-refractivity contribution in [2.24, 2.45) is 0 Å². The third-order valence-electron chi connectivity index (χ3n) is 3.84. The minimum Gasteiger partial charge on any atom is -0.469 e. The van der Waals surface area contributed by atoms with E-state index in [4.69, 9.17) is 9.25 Å². The van der Waals surface area contributed by atoms with E-state index in [-0.39, 0.29) is 24.5 Å². The van der Waals surface area contributed by atoms with E-state index in [0.717, 1.165) is 29.7 Å². The van der Waals surface area contributed by atoms with Crippen LogP contribution in [-0.4, -0.2) is 18.3 Å². The highest BCUT2D eigenvalue weighted by molar-refractivity contribution is 5.98. The van der Waals surface area contributed by atoms with Gasteiger partial charge in [0.05, 0.1) is 12.9 Å². The number of hydrogen-bond acceptors (Lipinski definition) is 4. The number of hydrogen-bond donors (Lipinski definition) is 1. The molecule has 0 aliphatic heterocycles. The second-order valence-corrected chi connectivity index (χ2v) is 5.78. The third-order valence-corrected chi connectivity index (χ3v) is 3.84. The van der Waals surface area contributed by atoms with E-state index in [2.05, 4.69) is 5.48 Å². The summed E-state index contributed by atoms with van der Waals surface area (Å²) in [5.74, 6) is 0.570. The van der Waals surface area contributed by atoms with E-state index in [1.807, 2.05) is 38.1 Å². The Morgan fingerprint density at radius 3 is 2.67 bits per heavy atom. The van der Waals surface area contributed by atoms with Gasteiger partial charge in [0.15, 0.2) is 5.78 Å². The standard InChI is InChI=1S/C19H23NO4/c1-14-7-8-16(13-15(14)2)18(21)9-10-19(22)20-24-12-4-6-17-5-3-11-23-17/h3,5,7-8,11,13H,4,6,9-10,12H2,1-2H3,(H,20,22). The van der Waals surface area contributed by atoms with E-state index in [1.165, 1.54) is 0 Å². The van der Waals surface area contributed by atoms with Gasteiger partial charge < -0.3 is 4.42 Å². The monoisotopic (exact) mass is 329 g/mol. The molecule has 1 N–H and O–H groups in total. The summed E-state index contributed by atoms with van der Waals surface area (Å²) in [6, 6.07) is 9.32. The zero-order valence-corrected chi connectivity index (χ0v) is 14.1. The lowest BCUT2D eigenvalue weighted by Crippen LogP contribution is -2.24. The average Bonchev–Trinajstić information content (AvgIpc) is 3.08. The third kappa shape index (κ3) is 5.66. The molecule has 1 amide bonds. The molecule has 0 saturated heterocycles. The van der Waals surface area contributed by atoms with Crippen molar-refractivity contribution in [1.29, 1.82) is 0 Å². The van der Waals surface area contributed by atoms with Crippen molar-refractivity contribution in [2.75, 3.05) is 6.61 Å². The van der Waals surface area contributed by atoms with E-state index in [0.29, 0.717) is 12.2 Å². The first kappa shape index (κ1) is 17.9. The Morgan fingerprint density at radius 2 is 1.96 bits per heavy atom. The molecule has 1 aromatic heterocycles. The van der Waals surface area contributed by atoms with E-state index >= 15 is 0 Å². The quantitative estimate of drug-likeness (QED) is 0.434. The number of furan rings is 1. The lowest BCUT2D eigenvalue weighted by molar-refractivity contribution is -0.133. The highest BCUT2D eigenvalue weighted by Gasteiger charge is 2.10. The first-order valence-corrected chi connectivity index (χ1v) is 8.09. The van der Waals surface area contributed by atoms with Gasteiger partial charge in [0.2, 0.25) is 5.91 Å². The highest BCUT2D eigenvalue weighted by Crippen LogP contribution is 2.12. The number of Topliss-reactive ketones (excluding diaryl/α,β-unsaturated/α-hetero) is 1. The molecule has 0 atom stereocenters. The molecule has 0 aliphatic rings. The molecule has 0 fully saturated rings. The Kier molecular flexibility index (Phi) is 6.75. The Hall–Kier alpha value is -2.40. The number of benzene rings is 1. The topological polar surface area (TPSA) is 68.5 Å². The predicted molar refractivity (Wildman–Crippen MR) is 90.6 cm³/mol. The highest BCUT2D eigenvalue weighted by atomic mass is 16.6. The van der Waals surface area contributed by atoms with Crippen LogP contribution in [0.15, 0.2) is 41.0 Å². The number of rotatable bonds is 9. The maximum atomic E-state index is 12.1. The molecule has 5 nitrogen and oxygen atoms in total. The molecular formula is C19H23NO4. The molecule has 0 saturated carbocycles. The van der Waals surface area contributed by atoms with Crippen LogP contribution in [0, 0.1) is 13.8 Å². The molecule has 1 aromatic carbocycles. The number of aryl methyl sites for hydroxylation is 3. The van der Waals surface area contributed by atoms with Crippen LogP contribution in [0.25, 0.3) is 0 Å². The summed E-state index contributed by atoms with van der Waals surface area (Å²) in [5.41, 5.74) is 5.23. The largest absolute Gasteiger partial charge is 0.469 e. The molecule has 0 radical (unpaired) electrons. The molecule has 128 valence electrons. The van der Waals surface area contributed by atoms with Crippen LogP contribution in [0.1, 0.15) is 46.5 Å². The summed E-state index contributed by atoms with van der Waals surface area (Å²) in [6.07, 6.45) is 3.42. The molecule has 2 rings (SSSR count). The normalized spacial score (nSPS) is 10.6. The van der Waals surface area contributed by atoms with E-state index in [9.17, 15) is 9.59 Å². The summed E-state index contributed by atoms with van der Waals surface area (Å²) >= 11 is 0. The van der Waals surface area contributed by atoms with Gasteiger partial charge in [0.25, 0.3) is 0 Å². The summed E-state index contributed by atoms with van der Waals surface area (Å²) in [5, 5.41) is 0. The van der Waals surface area contributed by atoms with Gasteiger partial charge >= 0.3 is 0 Å². The zero-order valence-electron chi connectivity index (χ0n) is 14.1. The van der Waals surface area contributed by atoms with Crippen molar-refractivity contribution in [2.45, 2.75) is 39.5 Å². The average molecular weight is 329 g/mol. The van der Waals surface area contributed by atoms with Crippen molar-refractivity contribution in [3.63, 3.8) is 0 Å². The maximum Gasteiger partial charge on any atom is 0.243 e. The number of carbonyl (C=O) groups is 2. The molecule has 0 spiro atoms. The van der Waals surface area contributed by atoms with E-state index < -0.39 is 0 Å². The summed E-state index contributed by atoms with van der Waals surface area (Å²) in [7, 11) is 0. The smallest absolute Gasteiger partial charge is 0.243 e. The fourth-order valence-corrected chi connectivity index (χ4v) is 2.24. The lowest BCUT2D eigenvalue weighted by Gasteiger charge is -2.06. The van der Waals surface area contributed by atoms with Gasteiger partial charge in [-0.2, -0.15) is 0 Å². The first-order chi connectivity index (χ1) is 11.6. The van der Waals surface area contributed by atoms with Crippen LogP contribution in [0.5, 0.6) is 0 Å². The molecule has 0 aliphatic carbocycles. The molecule has 1 heterocycles. The van der Waals surface area contributed by atoms with Crippen LogP contribution in [0.2, 0.25) is 0 Å². The number of amides is 1. The predicted octanol–water partition coefficient (Wildman–Crippen LogP) is 3.54. The van der Waals surface area contributed by atoms with Crippen LogP contribution < -0.4 is 5.48 Å². The first-order valence-electron chi connectivity index (χ1n) is 8.09. The van der Waals surface area contributed by atoms with E-state index in [1.54, 1.807) is 12.3 Å². The molecule has 0 unspecified atom stereocenters. The van der Waals surface area contributed by atoms with Crippen molar-refractivity contribution >= 4 is 11.7 Å². The summed E-state index contributed by atoms with van der Waals surface area (Å²) in [6.45, 7) is 4.37. The minimum absolute atomic E-state index is 0.0360. The van der Waals surface area contributed by atoms with Crippen molar-refractivity contribution in [3.8, 4) is 0 Å². The van der Waals surface area contributed by atoms with Crippen LogP contribution in [0.4, 0.5) is 0 Å². The van der Waals surface area contributed by atoms with Gasteiger partial charge in [-0.1, -0.05) is 12.1 Å². The number of hydroxylamine groups is 1. The fourth-order valence-electron chi connectivity index (χ4n) is 2.24. The molecule has 5 heteroatoms. The second kappa shape index (κ2) is 9.03. The van der Waals surface area contributed by atoms with Gasteiger partial charge in [-0.3, -0.25) is 14.4 Å². The number of nitrogens with one attached hydrogen (secondary N) is 1. The second-order valence-electron chi connectivity index (χ2n) is 5.78. The number of ketones is 1. The fraction of sp³-hybridized carbons (Fsp3) is 0.368. The summed E-state index contributed by atoms with van der Waals surface area (Å²) < 4.78 is 5.20. The number of carbonyl (C=O) groups excluding carboxylic acids is 2.